The number of anilines is 2. The predicted octanol–water partition coefficient (Wildman–Crippen LogP) is 3.43. The Hall–Kier alpha value is -1.36. The Kier molecular flexibility index (Phi) is 5.04. The minimum absolute atomic E-state index is 0.171. The van der Waals surface area contributed by atoms with Gasteiger partial charge in [0.1, 0.15) is 0 Å². The van der Waals surface area contributed by atoms with Crippen molar-refractivity contribution in [3.8, 4) is 0 Å². The Morgan fingerprint density at radius 2 is 1.52 bits per heavy atom. The second-order valence-electron chi connectivity index (χ2n) is 4.19. The lowest BCUT2D eigenvalue weighted by Gasteiger charge is -2.08. The zero-order chi connectivity index (χ0) is 15.6. The first-order chi connectivity index (χ1) is 9.88. The monoisotopic (exact) mass is 508 g/mol. The normalized spacial score (nSPS) is 10.2. The molecule has 2 aromatic carbocycles. The van der Waals surface area contributed by atoms with Crippen LogP contribution in [0.5, 0.6) is 0 Å². The molecule has 0 saturated heterocycles. The van der Waals surface area contributed by atoms with Gasteiger partial charge in [-0.25, -0.2) is 4.79 Å². The lowest BCUT2D eigenvalue weighted by molar-refractivity contribution is 0.0696. The van der Waals surface area contributed by atoms with Gasteiger partial charge in [0.2, 0.25) is 0 Å². The minimum atomic E-state index is -1.00. The molecule has 0 saturated carbocycles. The largest absolute Gasteiger partial charge is 0.478 e. The van der Waals surface area contributed by atoms with E-state index in [1.807, 2.05) is 0 Å². The molecule has 0 radical (unpaired) electrons. The van der Waals surface area contributed by atoms with Crippen molar-refractivity contribution in [1.82, 2.24) is 0 Å². The molecular weight excluding hydrogens is 498 g/mol. The third kappa shape index (κ3) is 3.84. The summed E-state index contributed by atoms with van der Waals surface area (Å²) < 4.78 is 1.62. The third-order valence-electron chi connectivity index (χ3n) is 2.73. The Morgan fingerprint density at radius 1 is 1.00 bits per heavy atom. The molecule has 0 spiro atoms. The van der Waals surface area contributed by atoms with Crippen LogP contribution in [0.3, 0.4) is 0 Å². The fourth-order valence-electron chi connectivity index (χ4n) is 1.61. The molecule has 108 valence electrons. The van der Waals surface area contributed by atoms with Crippen LogP contribution < -0.4 is 11.1 Å². The number of aromatic carboxylic acids is 1. The van der Waals surface area contributed by atoms with E-state index < -0.39 is 5.97 Å². The molecule has 0 aromatic heterocycles. The number of benzene rings is 2. The van der Waals surface area contributed by atoms with Crippen molar-refractivity contribution >= 4 is 68.4 Å². The van der Waals surface area contributed by atoms with Gasteiger partial charge in [-0.15, -0.1) is 0 Å². The van der Waals surface area contributed by atoms with E-state index in [9.17, 15) is 9.59 Å². The standard InChI is InChI=1S/C14H10I2N2O3/c15-10-5-8(6-11(16)12(10)17)13(19)18-9-3-1-7(2-4-9)14(20)21/h1-6H,17H2,(H,18,19)(H,20,21). The second kappa shape index (κ2) is 6.60. The summed E-state index contributed by atoms with van der Waals surface area (Å²) in [4.78, 5) is 22.9. The second-order valence-corrected chi connectivity index (χ2v) is 6.51. The van der Waals surface area contributed by atoms with Crippen LogP contribution in [-0.4, -0.2) is 17.0 Å². The van der Waals surface area contributed by atoms with Crippen LogP contribution in [0.1, 0.15) is 20.7 Å². The van der Waals surface area contributed by atoms with Gasteiger partial charge in [0, 0.05) is 18.4 Å². The number of halogens is 2. The van der Waals surface area contributed by atoms with Crippen LogP contribution in [0.4, 0.5) is 11.4 Å². The van der Waals surface area contributed by atoms with Crippen LogP contribution in [0.15, 0.2) is 36.4 Å². The quantitative estimate of drug-likeness (QED) is 0.438. The Bertz CT molecular complexity index is 692. The highest BCUT2D eigenvalue weighted by Crippen LogP contribution is 2.24. The summed E-state index contributed by atoms with van der Waals surface area (Å²) in [5.41, 5.74) is 7.70. The van der Waals surface area contributed by atoms with Gasteiger partial charge in [-0.05, 0) is 81.6 Å². The number of carboxylic acids is 1. The number of rotatable bonds is 3. The SMILES string of the molecule is Nc1c(I)cc(C(=O)Nc2ccc(C(=O)O)cc2)cc1I. The summed E-state index contributed by atoms with van der Waals surface area (Å²) in [6.45, 7) is 0. The number of hydrogen-bond acceptors (Lipinski definition) is 3. The molecule has 1 amide bonds. The number of nitrogens with one attached hydrogen (secondary N) is 1. The van der Waals surface area contributed by atoms with Gasteiger partial charge >= 0.3 is 5.97 Å². The number of carboxylic acid groups (broad SMARTS) is 1. The first kappa shape index (κ1) is 16.0. The van der Waals surface area contributed by atoms with Crippen molar-refractivity contribution in [3.63, 3.8) is 0 Å². The maximum atomic E-state index is 12.2. The number of amides is 1. The molecule has 0 aliphatic heterocycles. The zero-order valence-electron chi connectivity index (χ0n) is 10.6. The summed E-state index contributed by atoms with van der Waals surface area (Å²) in [7, 11) is 0. The van der Waals surface area contributed by atoms with Crippen LogP contribution >= 0.6 is 45.2 Å². The molecule has 0 unspecified atom stereocenters. The predicted molar refractivity (Wildman–Crippen MR) is 97.6 cm³/mol. The van der Waals surface area contributed by atoms with E-state index in [0.717, 1.165) is 7.14 Å². The highest BCUT2D eigenvalue weighted by atomic mass is 127. The van der Waals surface area contributed by atoms with Gasteiger partial charge in [0.25, 0.3) is 5.91 Å². The van der Waals surface area contributed by atoms with Crippen LogP contribution in [0.2, 0.25) is 0 Å². The van der Waals surface area contributed by atoms with Crippen molar-refractivity contribution in [2.24, 2.45) is 0 Å². The first-order valence-electron chi connectivity index (χ1n) is 5.77. The summed E-state index contributed by atoms with van der Waals surface area (Å²) in [5, 5.41) is 11.5. The van der Waals surface area contributed by atoms with Crippen molar-refractivity contribution in [1.29, 1.82) is 0 Å². The number of nitrogens with two attached hydrogens (primary N) is 1. The molecule has 0 bridgehead atoms. The Balaban J connectivity index is 2.20. The molecular formula is C14H10I2N2O3. The molecule has 5 nitrogen and oxygen atoms in total. The summed E-state index contributed by atoms with van der Waals surface area (Å²) in [5.74, 6) is -1.27. The zero-order valence-corrected chi connectivity index (χ0v) is 14.9. The first-order valence-corrected chi connectivity index (χ1v) is 7.93. The van der Waals surface area contributed by atoms with E-state index in [1.165, 1.54) is 12.1 Å². The number of carbonyl (C=O) groups is 2. The smallest absolute Gasteiger partial charge is 0.335 e. The third-order valence-corrected chi connectivity index (χ3v) is 4.52. The average Bonchev–Trinajstić information content (AvgIpc) is 2.44. The van der Waals surface area contributed by atoms with E-state index in [2.05, 4.69) is 50.5 Å². The van der Waals surface area contributed by atoms with E-state index >= 15 is 0 Å². The molecule has 7 heteroatoms. The number of hydrogen-bond donors (Lipinski definition) is 3. The van der Waals surface area contributed by atoms with Crippen molar-refractivity contribution < 1.29 is 14.7 Å². The van der Waals surface area contributed by atoms with Gasteiger partial charge in [0.05, 0.1) is 11.3 Å². The van der Waals surface area contributed by atoms with Crippen LogP contribution in [0, 0.1) is 7.14 Å². The summed E-state index contributed by atoms with van der Waals surface area (Å²) >= 11 is 4.15. The molecule has 4 N–H and O–H groups in total. The Morgan fingerprint density at radius 3 is 2.00 bits per heavy atom. The Labute approximate surface area is 148 Å². The van der Waals surface area contributed by atoms with Gasteiger partial charge in [-0.1, -0.05) is 0 Å². The number of nitrogen functional groups attached to an aromatic ring is 1. The van der Waals surface area contributed by atoms with Gasteiger partial charge in [0.15, 0.2) is 0 Å². The lowest BCUT2D eigenvalue weighted by atomic mass is 10.1. The molecule has 2 aromatic rings. The van der Waals surface area contributed by atoms with Gasteiger partial charge in [-0.2, -0.15) is 0 Å². The number of carbonyl (C=O) groups excluding carboxylic acids is 1. The summed E-state index contributed by atoms with van der Waals surface area (Å²) in [6.07, 6.45) is 0. The molecule has 0 aliphatic carbocycles. The molecule has 0 aliphatic rings. The molecule has 0 heterocycles. The van der Waals surface area contributed by atoms with E-state index in [-0.39, 0.29) is 11.5 Å². The highest BCUT2D eigenvalue weighted by molar-refractivity contribution is 14.1. The fraction of sp³-hybridized carbons (Fsp3) is 0. The highest BCUT2D eigenvalue weighted by Gasteiger charge is 2.11. The van der Waals surface area contributed by atoms with E-state index in [4.69, 9.17) is 10.8 Å². The molecule has 0 atom stereocenters. The van der Waals surface area contributed by atoms with Crippen molar-refractivity contribution in [2.45, 2.75) is 0 Å². The maximum Gasteiger partial charge on any atom is 0.335 e. The maximum absolute atomic E-state index is 12.2. The minimum Gasteiger partial charge on any atom is -0.478 e. The van der Waals surface area contributed by atoms with Crippen LogP contribution in [-0.2, 0) is 0 Å². The van der Waals surface area contributed by atoms with Crippen molar-refractivity contribution in [3.05, 3.63) is 54.7 Å². The molecule has 2 rings (SSSR count). The van der Waals surface area contributed by atoms with Crippen molar-refractivity contribution in [2.75, 3.05) is 11.1 Å². The van der Waals surface area contributed by atoms with Gasteiger partial charge < -0.3 is 16.2 Å². The molecule has 0 fully saturated rings. The van der Waals surface area contributed by atoms with Gasteiger partial charge in [-0.3, -0.25) is 4.79 Å². The van der Waals surface area contributed by atoms with Crippen LogP contribution in [0.25, 0.3) is 0 Å². The fourth-order valence-corrected chi connectivity index (χ4v) is 3.38. The van der Waals surface area contributed by atoms with E-state index in [1.54, 1.807) is 24.3 Å². The summed E-state index contributed by atoms with van der Waals surface area (Å²) in [6, 6.07) is 9.39. The lowest BCUT2D eigenvalue weighted by Crippen LogP contribution is -2.13. The topological polar surface area (TPSA) is 92.4 Å². The average molecular weight is 508 g/mol. The van der Waals surface area contributed by atoms with E-state index in [0.29, 0.717) is 16.9 Å². The molecule has 21 heavy (non-hydrogen) atoms.